The molecule has 3 nitrogen and oxygen atoms in total. The third kappa shape index (κ3) is 3.78. The molecule has 0 N–H and O–H groups in total. The number of alkyl halides is 3. The van der Waals surface area contributed by atoms with Gasteiger partial charge in [0.2, 0.25) is 0 Å². The van der Waals surface area contributed by atoms with Gasteiger partial charge in [-0.05, 0) is 12.1 Å². The van der Waals surface area contributed by atoms with Crippen LogP contribution in [0, 0.1) is 0 Å². The van der Waals surface area contributed by atoms with Crippen LogP contribution in [0.4, 0.5) is 13.2 Å². The molecule has 0 saturated heterocycles. The number of thioether (sulfide) groups is 1. The van der Waals surface area contributed by atoms with Gasteiger partial charge in [-0.15, -0.1) is 0 Å². The second kappa shape index (κ2) is 4.52. The lowest BCUT2D eigenvalue weighted by Crippen LogP contribution is -2.06. The van der Waals surface area contributed by atoms with Crippen molar-refractivity contribution >= 4 is 17.7 Å². The van der Waals surface area contributed by atoms with E-state index in [1.54, 1.807) is 0 Å². The largest absolute Gasteiger partial charge is 0.464 e. The van der Waals surface area contributed by atoms with Crippen molar-refractivity contribution in [1.29, 1.82) is 0 Å². The van der Waals surface area contributed by atoms with Gasteiger partial charge in [0, 0.05) is 11.8 Å². The number of hydrogen-bond donors (Lipinski definition) is 0. The summed E-state index contributed by atoms with van der Waals surface area (Å²) in [7, 11) is 1.13. The molecule has 1 rings (SSSR count). The maximum absolute atomic E-state index is 12.0. The highest BCUT2D eigenvalue weighted by Gasteiger charge is 2.30. The molecule has 0 aliphatic heterocycles. The Bertz CT molecular complexity index is 367. The van der Waals surface area contributed by atoms with Crippen LogP contribution in [0.3, 0.4) is 0 Å². The first-order valence-electron chi connectivity index (χ1n) is 3.73. The minimum absolute atomic E-state index is 0.147. The predicted octanol–water partition coefficient (Wildman–Crippen LogP) is 2.48. The van der Waals surface area contributed by atoms with Gasteiger partial charge in [0.25, 0.3) is 0 Å². The third-order valence-electron chi connectivity index (χ3n) is 1.34. The summed E-state index contributed by atoms with van der Waals surface area (Å²) in [6.45, 7) is 0. The van der Waals surface area contributed by atoms with Crippen molar-refractivity contribution in [2.24, 2.45) is 0 Å². The summed E-state index contributed by atoms with van der Waals surface area (Å²) in [4.78, 5) is 14.5. The third-order valence-corrected chi connectivity index (χ3v) is 2.01. The lowest BCUT2D eigenvalue weighted by Gasteiger charge is -2.05. The van der Waals surface area contributed by atoms with E-state index in [0.717, 1.165) is 7.11 Å². The Hall–Kier alpha value is -1.24. The number of rotatable bonds is 2. The number of halogens is 3. The van der Waals surface area contributed by atoms with Gasteiger partial charge in [-0.25, -0.2) is 9.78 Å². The smallest absolute Gasteiger partial charge is 0.447 e. The lowest BCUT2D eigenvalue weighted by atomic mass is 10.4. The fourth-order valence-corrected chi connectivity index (χ4v) is 1.34. The maximum atomic E-state index is 12.0. The van der Waals surface area contributed by atoms with Crippen LogP contribution in [0.1, 0.15) is 10.5 Å². The standard InChI is InChI=1S/C8H6F3NO2S/c1-14-7(13)5-3-2-4-6(12-5)15-8(9,10)11/h2-4H,1H3. The Kier molecular flexibility index (Phi) is 3.57. The van der Waals surface area contributed by atoms with Gasteiger partial charge >= 0.3 is 11.5 Å². The van der Waals surface area contributed by atoms with Crippen molar-refractivity contribution in [3.05, 3.63) is 23.9 Å². The molecule has 0 aliphatic rings. The van der Waals surface area contributed by atoms with Gasteiger partial charge < -0.3 is 4.74 Å². The van der Waals surface area contributed by atoms with Gasteiger partial charge in [-0.2, -0.15) is 13.2 Å². The Labute approximate surface area is 87.6 Å². The normalized spacial score (nSPS) is 11.2. The van der Waals surface area contributed by atoms with Crippen molar-refractivity contribution in [2.75, 3.05) is 7.11 Å². The Morgan fingerprint density at radius 3 is 2.67 bits per heavy atom. The number of methoxy groups -OCH3 is 1. The Morgan fingerprint density at radius 1 is 1.47 bits per heavy atom. The van der Waals surface area contributed by atoms with Crippen molar-refractivity contribution in [3.8, 4) is 0 Å². The molecule has 15 heavy (non-hydrogen) atoms. The summed E-state index contributed by atoms with van der Waals surface area (Å²) in [5, 5.41) is -0.287. The quantitative estimate of drug-likeness (QED) is 0.585. The molecular weight excluding hydrogens is 231 g/mol. The number of carbonyl (C=O) groups excluding carboxylic acids is 1. The second-order valence-electron chi connectivity index (χ2n) is 2.40. The molecular formula is C8H6F3NO2S. The molecule has 0 saturated carbocycles. The van der Waals surface area contributed by atoms with Gasteiger partial charge in [0.15, 0.2) is 0 Å². The molecule has 0 aliphatic carbocycles. The summed E-state index contributed by atoms with van der Waals surface area (Å²) in [6, 6.07) is 3.77. The fraction of sp³-hybridized carbons (Fsp3) is 0.250. The van der Waals surface area contributed by atoms with Crippen LogP contribution in [0.5, 0.6) is 0 Å². The summed E-state index contributed by atoms with van der Waals surface area (Å²) < 4.78 is 40.2. The zero-order valence-corrected chi connectivity index (χ0v) is 8.35. The van der Waals surface area contributed by atoms with Crippen LogP contribution >= 0.6 is 11.8 Å². The molecule has 0 radical (unpaired) electrons. The van der Waals surface area contributed by atoms with E-state index < -0.39 is 11.5 Å². The fourth-order valence-electron chi connectivity index (χ4n) is 0.808. The molecule has 0 aromatic carbocycles. The van der Waals surface area contributed by atoms with E-state index in [2.05, 4.69) is 9.72 Å². The first kappa shape index (κ1) is 11.8. The molecule has 0 fully saturated rings. The summed E-state index contributed by atoms with van der Waals surface area (Å²) >= 11 is -0.376. The summed E-state index contributed by atoms with van der Waals surface area (Å²) in [5.74, 6) is -0.764. The number of pyridine rings is 1. The molecule has 0 unspecified atom stereocenters. The zero-order valence-electron chi connectivity index (χ0n) is 7.54. The van der Waals surface area contributed by atoms with E-state index in [0.29, 0.717) is 0 Å². The van der Waals surface area contributed by atoms with E-state index in [-0.39, 0.29) is 22.5 Å². The average molecular weight is 237 g/mol. The predicted molar refractivity (Wildman–Crippen MR) is 47.5 cm³/mol. The highest BCUT2D eigenvalue weighted by Crippen LogP contribution is 2.35. The number of aromatic nitrogens is 1. The SMILES string of the molecule is COC(=O)c1cccc(SC(F)(F)F)n1. The molecule has 0 amide bonds. The summed E-state index contributed by atoms with van der Waals surface area (Å²) in [5.41, 5.74) is -4.56. The van der Waals surface area contributed by atoms with Crippen molar-refractivity contribution in [2.45, 2.75) is 10.5 Å². The van der Waals surface area contributed by atoms with Crippen molar-refractivity contribution in [1.82, 2.24) is 4.98 Å². The maximum Gasteiger partial charge on any atom is 0.447 e. The minimum atomic E-state index is -4.41. The van der Waals surface area contributed by atoms with Crippen LogP contribution in [0.15, 0.2) is 23.2 Å². The number of hydrogen-bond acceptors (Lipinski definition) is 4. The Morgan fingerprint density at radius 2 is 2.13 bits per heavy atom. The number of carbonyl (C=O) groups is 1. The first-order valence-corrected chi connectivity index (χ1v) is 4.55. The molecule has 82 valence electrons. The van der Waals surface area contributed by atoms with Gasteiger partial charge in [-0.3, -0.25) is 0 Å². The van der Waals surface area contributed by atoms with Crippen LogP contribution in [0.2, 0.25) is 0 Å². The van der Waals surface area contributed by atoms with Crippen molar-refractivity contribution in [3.63, 3.8) is 0 Å². The molecule has 7 heteroatoms. The molecule has 0 bridgehead atoms. The highest BCUT2D eigenvalue weighted by atomic mass is 32.2. The molecule has 1 heterocycles. The molecule has 0 atom stereocenters. The number of ether oxygens (including phenoxy) is 1. The zero-order chi connectivity index (χ0) is 11.5. The van der Waals surface area contributed by atoms with Gasteiger partial charge in [-0.1, -0.05) is 6.07 Å². The van der Waals surface area contributed by atoms with Crippen molar-refractivity contribution < 1.29 is 22.7 Å². The highest BCUT2D eigenvalue weighted by molar-refractivity contribution is 8.00. The van der Waals surface area contributed by atoms with E-state index >= 15 is 0 Å². The summed E-state index contributed by atoms with van der Waals surface area (Å²) in [6.07, 6.45) is 0. The minimum Gasteiger partial charge on any atom is -0.464 e. The van der Waals surface area contributed by atoms with Gasteiger partial charge in [0.05, 0.1) is 7.11 Å². The molecule has 0 spiro atoms. The van der Waals surface area contributed by atoms with Crippen LogP contribution < -0.4 is 0 Å². The van der Waals surface area contributed by atoms with E-state index in [1.807, 2.05) is 0 Å². The second-order valence-corrected chi connectivity index (χ2v) is 3.49. The number of esters is 1. The molecule has 1 aromatic heterocycles. The average Bonchev–Trinajstić information content (AvgIpc) is 2.14. The Balaban J connectivity index is 2.88. The monoisotopic (exact) mass is 237 g/mol. The van der Waals surface area contributed by atoms with E-state index in [4.69, 9.17) is 0 Å². The van der Waals surface area contributed by atoms with Gasteiger partial charge in [0.1, 0.15) is 10.7 Å². The van der Waals surface area contributed by atoms with E-state index in [1.165, 1.54) is 18.2 Å². The lowest BCUT2D eigenvalue weighted by molar-refractivity contribution is -0.0329. The van der Waals surface area contributed by atoms with Crippen LogP contribution in [-0.2, 0) is 4.74 Å². The topological polar surface area (TPSA) is 39.2 Å². The number of nitrogens with zero attached hydrogens (tertiary/aromatic N) is 1. The van der Waals surface area contributed by atoms with Crippen LogP contribution in [0.25, 0.3) is 0 Å². The molecule has 1 aromatic rings. The van der Waals surface area contributed by atoms with E-state index in [9.17, 15) is 18.0 Å². The van der Waals surface area contributed by atoms with Crippen LogP contribution in [-0.4, -0.2) is 23.6 Å². The first-order chi connectivity index (χ1) is 6.92.